The molecule has 3 rings (SSSR count). The van der Waals surface area contributed by atoms with Gasteiger partial charge >= 0.3 is 0 Å². The normalized spacial score (nSPS) is 14.7. The van der Waals surface area contributed by atoms with Crippen molar-refractivity contribution in [2.45, 2.75) is 25.7 Å². The summed E-state index contributed by atoms with van der Waals surface area (Å²) in [4.78, 5) is 22.9. The van der Waals surface area contributed by atoms with E-state index in [1.54, 1.807) is 31.6 Å². The van der Waals surface area contributed by atoms with Crippen molar-refractivity contribution >= 4 is 29.0 Å². The maximum atomic E-state index is 12.6. The van der Waals surface area contributed by atoms with Crippen LogP contribution in [0.5, 0.6) is 5.88 Å². The molecule has 1 amide bonds. The van der Waals surface area contributed by atoms with Crippen LogP contribution in [-0.4, -0.2) is 41.0 Å². The number of nitrogens with one attached hydrogen (secondary N) is 1. The van der Waals surface area contributed by atoms with Gasteiger partial charge in [-0.15, -0.1) is 0 Å². The Hall–Kier alpha value is -2.34. The highest BCUT2D eigenvalue weighted by Gasteiger charge is 2.18. The van der Waals surface area contributed by atoms with E-state index in [9.17, 15) is 4.79 Å². The van der Waals surface area contributed by atoms with Crippen molar-refractivity contribution in [1.82, 2.24) is 14.9 Å². The first-order chi connectivity index (χ1) is 12.2. The zero-order valence-corrected chi connectivity index (χ0v) is 14.9. The lowest BCUT2D eigenvalue weighted by molar-refractivity contribution is 0.0761. The first-order valence-electron chi connectivity index (χ1n) is 8.39. The summed E-state index contributed by atoms with van der Waals surface area (Å²) < 4.78 is 5.03. The summed E-state index contributed by atoms with van der Waals surface area (Å²) >= 11 is 6.31. The molecule has 0 aliphatic carbocycles. The molecule has 2 aromatic rings. The summed E-state index contributed by atoms with van der Waals surface area (Å²) in [5.41, 5.74) is 1.26. The Morgan fingerprint density at radius 2 is 1.92 bits per heavy atom. The van der Waals surface area contributed by atoms with Gasteiger partial charge in [-0.2, -0.15) is 0 Å². The van der Waals surface area contributed by atoms with Crippen molar-refractivity contribution in [3.05, 3.63) is 41.2 Å². The van der Waals surface area contributed by atoms with E-state index < -0.39 is 0 Å². The third kappa shape index (κ3) is 4.39. The SMILES string of the molecule is COc1ccc(Nc2ncc(C(=O)N3CCCCCC3)cc2Cl)cn1. The number of amides is 1. The predicted octanol–water partition coefficient (Wildman–Crippen LogP) is 3.90. The smallest absolute Gasteiger partial charge is 0.255 e. The minimum Gasteiger partial charge on any atom is -0.481 e. The number of pyridine rings is 2. The molecule has 6 nitrogen and oxygen atoms in total. The van der Waals surface area contributed by atoms with E-state index in [0.717, 1.165) is 31.6 Å². The lowest BCUT2D eigenvalue weighted by Gasteiger charge is -2.20. The maximum absolute atomic E-state index is 12.6. The van der Waals surface area contributed by atoms with Gasteiger partial charge in [0.1, 0.15) is 5.82 Å². The molecule has 0 bridgehead atoms. The summed E-state index contributed by atoms with van der Waals surface area (Å²) in [6.07, 6.45) is 7.67. The van der Waals surface area contributed by atoms with Crippen LogP contribution in [-0.2, 0) is 0 Å². The van der Waals surface area contributed by atoms with Crippen LogP contribution in [0, 0.1) is 0 Å². The molecule has 0 unspecified atom stereocenters. The molecule has 132 valence electrons. The lowest BCUT2D eigenvalue weighted by atomic mass is 10.2. The molecule has 3 heterocycles. The van der Waals surface area contributed by atoms with Gasteiger partial charge in [-0.3, -0.25) is 4.79 Å². The van der Waals surface area contributed by atoms with Crippen molar-refractivity contribution in [2.24, 2.45) is 0 Å². The minimum absolute atomic E-state index is 0.00559. The second-order valence-electron chi connectivity index (χ2n) is 5.98. The second-order valence-corrected chi connectivity index (χ2v) is 6.38. The molecule has 0 atom stereocenters. The number of rotatable bonds is 4. The number of carbonyl (C=O) groups is 1. The highest BCUT2D eigenvalue weighted by molar-refractivity contribution is 6.33. The monoisotopic (exact) mass is 360 g/mol. The summed E-state index contributed by atoms with van der Waals surface area (Å²) in [5.74, 6) is 1.01. The molecule has 2 aromatic heterocycles. The molecule has 1 aliphatic heterocycles. The first kappa shape index (κ1) is 17.5. The fourth-order valence-electron chi connectivity index (χ4n) is 2.81. The van der Waals surface area contributed by atoms with Crippen molar-refractivity contribution < 1.29 is 9.53 Å². The van der Waals surface area contributed by atoms with Crippen LogP contribution < -0.4 is 10.1 Å². The number of anilines is 2. The number of aromatic nitrogens is 2. The predicted molar refractivity (Wildman–Crippen MR) is 97.7 cm³/mol. The highest BCUT2D eigenvalue weighted by Crippen LogP contribution is 2.25. The number of nitrogens with zero attached hydrogens (tertiary/aromatic N) is 3. The third-order valence-electron chi connectivity index (χ3n) is 4.19. The standard InChI is InChI=1S/C18H21ClN4O2/c1-25-16-7-6-14(12-20-16)22-17-15(19)10-13(11-21-17)18(24)23-8-4-2-3-5-9-23/h6-7,10-12H,2-5,8-9H2,1H3,(H,21,22). The van der Waals surface area contributed by atoms with Gasteiger partial charge in [0, 0.05) is 25.4 Å². The van der Waals surface area contributed by atoms with Gasteiger partial charge in [0.25, 0.3) is 5.91 Å². The molecule has 0 radical (unpaired) electrons. The number of carbonyl (C=O) groups excluding carboxylic acids is 1. The molecule has 25 heavy (non-hydrogen) atoms. The Bertz CT molecular complexity index is 728. The van der Waals surface area contributed by atoms with Crippen LogP contribution in [0.2, 0.25) is 5.02 Å². The van der Waals surface area contributed by atoms with E-state index in [-0.39, 0.29) is 5.91 Å². The highest BCUT2D eigenvalue weighted by atomic mass is 35.5. The molecule has 1 saturated heterocycles. The van der Waals surface area contributed by atoms with Crippen molar-refractivity contribution in [3.63, 3.8) is 0 Å². The second kappa shape index (κ2) is 8.16. The number of hydrogen-bond acceptors (Lipinski definition) is 5. The molecular weight excluding hydrogens is 340 g/mol. The van der Waals surface area contributed by atoms with Gasteiger partial charge in [0.15, 0.2) is 0 Å². The topological polar surface area (TPSA) is 67.3 Å². The van der Waals surface area contributed by atoms with E-state index >= 15 is 0 Å². The summed E-state index contributed by atoms with van der Waals surface area (Å²) in [6, 6.07) is 5.23. The molecule has 1 fully saturated rings. The first-order valence-corrected chi connectivity index (χ1v) is 8.77. The Labute approximate surface area is 152 Å². The van der Waals surface area contributed by atoms with Gasteiger partial charge in [-0.1, -0.05) is 24.4 Å². The van der Waals surface area contributed by atoms with E-state index in [1.165, 1.54) is 12.8 Å². The summed E-state index contributed by atoms with van der Waals surface area (Å²) in [6.45, 7) is 1.60. The summed E-state index contributed by atoms with van der Waals surface area (Å²) in [7, 11) is 1.56. The van der Waals surface area contributed by atoms with Gasteiger partial charge in [0.05, 0.1) is 29.6 Å². The van der Waals surface area contributed by atoms with Gasteiger partial charge in [-0.25, -0.2) is 9.97 Å². The molecular formula is C18H21ClN4O2. The van der Waals surface area contributed by atoms with Crippen LogP contribution in [0.3, 0.4) is 0 Å². The van der Waals surface area contributed by atoms with Gasteiger partial charge in [0.2, 0.25) is 5.88 Å². The van der Waals surface area contributed by atoms with Crippen LogP contribution in [0.4, 0.5) is 11.5 Å². The zero-order valence-electron chi connectivity index (χ0n) is 14.2. The molecule has 1 N–H and O–H groups in total. The van der Waals surface area contributed by atoms with E-state index in [4.69, 9.17) is 16.3 Å². The number of halogens is 1. The fraction of sp³-hybridized carbons (Fsp3) is 0.389. The van der Waals surface area contributed by atoms with Crippen LogP contribution >= 0.6 is 11.6 Å². The Morgan fingerprint density at radius 1 is 1.16 bits per heavy atom. The molecule has 1 aliphatic rings. The van der Waals surface area contributed by atoms with Gasteiger partial charge in [-0.05, 0) is 25.0 Å². The number of hydrogen-bond donors (Lipinski definition) is 1. The fourth-order valence-corrected chi connectivity index (χ4v) is 3.03. The minimum atomic E-state index is -0.00559. The Morgan fingerprint density at radius 3 is 2.52 bits per heavy atom. The maximum Gasteiger partial charge on any atom is 0.255 e. The van der Waals surface area contributed by atoms with E-state index in [2.05, 4.69) is 15.3 Å². The molecule has 0 spiro atoms. The van der Waals surface area contributed by atoms with E-state index in [0.29, 0.717) is 22.3 Å². The van der Waals surface area contributed by atoms with Crippen LogP contribution in [0.25, 0.3) is 0 Å². The van der Waals surface area contributed by atoms with E-state index in [1.807, 2.05) is 11.0 Å². The molecule has 0 saturated carbocycles. The van der Waals surface area contributed by atoms with Gasteiger partial charge < -0.3 is 15.0 Å². The zero-order chi connectivity index (χ0) is 17.6. The largest absolute Gasteiger partial charge is 0.481 e. The third-order valence-corrected chi connectivity index (χ3v) is 4.48. The van der Waals surface area contributed by atoms with Crippen molar-refractivity contribution in [1.29, 1.82) is 0 Å². The lowest BCUT2D eigenvalue weighted by Crippen LogP contribution is -2.31. The Balaban J connectivity index is 1.72. The summed E-state index contributed by atoms with van der Waals surface area (Å²) in [5, 5.41) is 3.49. The van der Waals surface area contributed by atoms with Crippen LogP contribution in [0.15, 0.2) is 30.6 Å². The average molecular weight is 361 g/mol. The number of ether oxygens (including phenoxy) is 1. The Kier molecular flexibility index (Phi) is 5.71. The quantitative estimate of drug-likeness (QED) is 0.895. The van der Waals surface area contributed by atoms with Crippen molar-refractivity contribution in [2.75, 3.05) is 25.5 Å². The molecule has 7 heteroatoms. The molecule has 0 aromatic carbocycles. The number of methoxy groups -OCH3 is 1. The number of likely N-dealkylation sites (tertiary alicyclic amines) is 1. The van der Waals surface area contributed by atoms with Crippen molar-refractivity contribution in [3.8, 4) is 5.88 Å². The van der Waals surface area contributed by atoms with Crippen LogP contribution in [0.1, 0.15) is 36.0 Å². The average Bonchev–Trinajstić information content (AvgIpc) is 2.93.